The molecule has 7 heteroatoms. The number of benzene rings is 1. The van der Waals surface area contributed by atoms with Gasteiger partial charge in [-0.05, 0) is 48.6 Å². The molecule has 1 aromatic heterocycles. The fraction of sp³-hybridized carbons (Fsp3) is 0.409. The average Bonchev–Trinajstić information content (AvgIpc) is 3.29. The molecule has 1 aromatic carbocycles. The fourth-order valence-electron chi connectivity index (χ4n) is 4.39. The molecule has 2 atom stereocenters. The van der Waals surface area contributed by atoms with E-state index in [1.807, 2.05) is 23.1 Å². The molecule has 2 aliphatic rings. The lowest BCUT2D eigenvalue weighted by atomic mass is 9.80. The minimum absolute atomic E-state index is 0.0118. The number of piperidine rings is 1. The molecule has 0 saturated carbocycles. The molecule has 29 heavy (non-hydrogen) atoms. The molecule has 2 aromatic rings. The number of hydrazine groups is 1. The minimum atomic E-state index is -0.0118. The normalized spacial score (nSPS) is 22.3. The second-order valence-corrected chi connectivity index (χ2v) is 7.61. The number of nitriles is 1. The van der Waals surface area contributed by atoms with Crippen molar-refractivity contribution >= 4 is 5.91 Å². The molecule has 4 rings (SSSR count). The van der Waals surface area contributed by atoms with E-state index in [-0.39, 0.29) is 5.91 Å². The first kappa shape index (κ1) is 19.4. The van der Waals surface area contributed by atoms with Crippen molar-refractivity contribution in [2.45, 2.75) is 24.8 Å². The molecule has 2 fully saturated rings. The Bertz CT molecular complexity index is 900. The largest absolute Gasteiger partial charge is 0.497 e. The smallest absolute Gasteiger partial charge is 0.255 e. The maximum atomic E-state index is 12.7. The van der Waals surface area contributed by atoms with E-state index in [0.29, 0.717) is 29.1 Å². The Balaban J connectivity index is 1.39. The highest BCUT2D eigenvalue weighted by Gasteiger charge is 2.37. The van der Waals surface area contributed by atoms with E-state index in [1.165, 1.54) is 11.8 Å². The van der Waals surface area contributed by atoms with Gasteiger partial charge in [0.25, 0.3) is 5.91 Å². The third-order valence-electron chi connectivity index (χ3n) is 6.01. The van der Waals surface area contributed by atoms with Crippen molar-refractivity contribution in [2.24, 2.45) is 5.92 Å². The summed E-state index contributed by atoms with van der Waals surface area (Å²) < 4.78 is 5.38. The second kappa shape index (κ2) is 8.60. The van der Waals surface area contributed by atoms with Crippen LogP contribution in [0.3, 0.4) is 0 Å². The summed E-state index contributed by atoms with van der Waals surface area (Å²) in [5.41, 5.74) is 8.92. The van der Waals surface area contributed by atoms with Crippen LogP contribution in [0.25, 0.3) is 0 Å². The van der Waals surface area contributed by atoms with Crippen LogP contribution in [0.1, 0.15) is 40.4 Å². The van der Waals surface area contributed by atoms with Gasteiger partial charge < -0.3 is 9.64 Å². The van der Waals surface area contributed by atoms with Crippen LogP contribution in [0.5, 0.6) is 5.75 Å². The predicted molar refractivity (Wildman–Crippen MR) is 108 cm³/mol. The summed E-state index contributed by atoms with van der Waals surface area (Å²) >= 11 is 0. The number of methoxy groups -OCH3 is 1. The topological polar surface area (TPSA) is 90.3 Å². The minimum Gasteiger partial charge on any atom is -0.497 e. The van der Waals surface area contributed by atoms with E-state index in [1.54, 1.807) is 19.2 Å². The van der Waals surface area contributed by atoms with E-state index >= 15 is 0 Å². The molecule has 7 nitrogen and oxygen atoms in total. The monoisotopic (exact) mass is 391 g/mol. The lowest BCUT2D eigenvalue weighted by Crippen LogP contribution is -2.45. The summed E-state index contributed by atoms with van der Waals surface area (Å²) in [5, 5.41) is 8.86. The highest BCUT2D eigenvalue weighted by atomic mass is 16.5. The van der Waals surface area contributed by atoms with E-state index < -0.39 is 0 Å². The summed E-state index contributed by atoms with van der Waals surface area (Å²) in [6.07, 6.45) is 3.40. The average molecular weight is 391 g/mol. The zero-order valence-electron chi connectivity index (χ0n) is 16.5. The third kappa shape index (κ3) is 4.09. The standard InChI is InChI=1S/C22H25N5O2/c1-29-19-4-2-3-16(11-19)20-14-25-26-21(20)15-7-9-27(10-8-15)22(28)17-5-6-18(12-23)24-13-17/h2-6,11,13,15,20-21,25-26H,7-10,14H2,1H3. The zero-order chi connectivity index (χ0) is 20.2. The number of hydrogen-bond donors (Lipinski definition) is 2. The van der Waals surface area contributed by atoms with Crippen LogP contribution < -0.4 is 15.6 Å². The lowest BCUT2D eigenvalue weighted by molar-refractivity contribution is 0.0669. The first-order valence-electron chi connectivity index (χ1n) is 9.97. The van der Waals surface area contributed by atoms with Crippen molar-refractivity contribution in [1.82, 2.24) is 20.7 Å². The van der Waals surface area contributed by atoms with Gasteiger partial charge in [0, 0.05) is 37.8 Å². The van der Waals surface area contributed by atoms with Gasteiger partial charge in [-0.3, -0.25) is 15.6 Å². The molecule has 0 radical (unpaired) electrons. The molecular formula is C22H25N5O2. The van der Waals surface area contributed by atoms with Crippen LogP contribution in [0, 0.1) is 17.2 Å². The number of amides is 1. The van der Waals surface area contributed by atoms with Crippen LogP contribution >= 0.6 is 0 Å². The van der Waals surface area contributed by atoms with Gasteiger partial charge in [0.15, 0.2) is 0 Å². The molecule has 2 unspecified atom stereocenters. The molecular weight excluding hydrogens is 366 g/mol. The molecule has 150 valence electrons. The Morgan fingerprint density at radius 1 is 1.28 bits per heavy atom. The first-order chi connectivity index (χ1) is 14.2. The number of hydrogen-bond acceptors (Lipinski definition) is 6. The molecule has 1 amide bonds. The summed E-state index contributed by atoms with van der Waals surface area (Å²) in [5.74, 6) is 1.73. The number of aromatic nitrogens is 1. The summed E-state index contributed by atoms with van der Waals surface area (Å²) in [7, 11) is 1.69. The molecule has 0 bridgehead atoms. The highest BCUT2D eigenvalue weighted by molar-refractivity contribution is 5.94. The van der Waals surface area contributed by atoms with Gasteiger partial charge in [-0.25, -0.2) is 4.98 Å². The molecule has 2 N–H and O–H groups in total. The van der Waals surface area contributed by atoms with Gasteiger partial charge in [-0.2, -0.15) is 5.26 Å². The molecule has 3 heterocycles. The molecule has 2 aliphatic heterocycles. The zero-order valence-corrected chi connectivity index (χ0v) is 16.5. The Labute approximate surface area is 170 Å². The fourth-order valence-corrected chi connectivity index (χ4v) is 4.39. The lowest BCUT2D eigenvalue weighted by Gasteiger charge is -2.36. The van der Waals surface area contributed by atoms with Gasteiger partial charge in [0.2, 0.25) is 0 Å². The van der Waals surface area contributed by atoms with E-state index in [4.69, 9.17) is 10.00 Å². The Hall–Kier alpha value is -2.95. The van der Waals surface area contributed by atoms with Crippen molar-refractivity contribution in [1.29, 1.82) is 5.26 Å². The molecule has 2 saturated heterocycles. The Kier molecular flexibility index (Phi) is 5.74. The van der Waals surface area contributed by atoms with Gasteiger partial charge >= 0.3 is 0 Å². The van der Waals surface area contributed by atoms with Crippen LogP contribution in [0.2, 0.25) is 0 Å². The predicted octanol–water partition coefficient (Wildman–Crippen LogP) is 2.07. The second-order valence-electron chi connectivity index (χ2n) is 7.61. The van der Waals surface area contributed by atoms with Crippen LogP contribution in [0.15, 0.2) is 42.6 Å². The number of pyridine rings is 1. The van der Waals surface area contributed by atoms with Crippen molar-refractivity contribution in [2.75, 3.05) is 26.7 Å². The SMILES string of the molecule is COc1cccc(C2CNNC2C2CCN(C(=O)c3ccc(C#N)nc3)CC2)c1. The van der Waals surface area contributed by atoms with Crippen molar-refractivity contribution in [3.63, 3.8) is 0 Å². The van der Waals surface area contributed by atoms with Crippen LogP contribution in [0.4, 0.5) is 0 Å². The quantitative estimate of drug-likeness (QED) is 0.829. The Morgan fingerprint density at radius 2 is 2.10 bits per heavy atom. The number of ether oxygens (including phenoxy) is 1. The number of likely N-dealkylation sites (tertiary alicyclic amines) is 1. The van der Waals surface area contributed by atoms with E-state index in [0.717, 1.165) is 38.2 Å². The van der Waals surface area contributed by atoms with Crippen molar-refractivity contribution in [3.05, 3.63) is 59.4 Å². The van der Waals surface area contributed by atoms with Crippen molar-refractivity contribution in [3.8, 4) is 11.8 Å². The third-order valence-corrected chi connectivity index (χ3v) is 6.01. The maximum absolute atomic E-state index is 12.7. The van der Waals surface area contributed by atoms with Crippen LogP contribution in [-0.2, 0) is 0 Å². The van der Waals surface area contributed by atoms with Gasteiger partial charge in [-0.1, -0.05) is 12.1 Å². The summed E-state index contributed by atoms with van der Waals surface area (Å²) in [4.78, 5) is 18.6. The van der Waals surface area contributed by atoms with Gasteiger partial charge in [0.05, 0.1) is 12.7 Å². The van der Waals surface area contributed by atoms with Crippen molar-refractivity contribution < 1.29 is 9.53 Å². The highest BCUT2D eigenvalue weighted by Crippen LogP contribution is 2.33. The molecule has 0 aliphatic carbocycles. The number of rotatable bonds is 4. The summed E-state index contributed by atoms with van der Waals surface area (Å²) in [6, 6.07) is 13.9. The Morgan fingerprint density at radius 3 is 2.79 bits per heavy atom. The molecule has 0 spiro atoms. The number of carbonyl (C=O) groups is 1. The maximum Gasteiger partial charge on any atom is 0.255 e. The van der Waals surface area contributed by atoms with E-state index in [9.17, 15) is 4.79 Å². The van der Waals surface area contributed by atoms with E-state index in [2.05, 4.69) is 28.0 Å². The summed E-state index contributed by atoms with van der Waals surface area (Å²) in [6.45, 7) is 2.34. The van der Waals surface area contributed by atoms with Gasteiger partial charge in [0.1, 0.15) is 17.5 Å². The van der Waals surface area contributed by atoms with Crippen LogP contribution in [-0.4, -0.2) is 48.6 Å². The van der Waals surface area contributed by atoms with Gasteiger partial charge in [-0.15, -0.1) is 0 Å². The first-order valence-corrected chi connectivity index (χ1v) is 9.97. The number of nitrogens with zero attached hydrogens (tertiary/aromatic N) is 3. The number of carbonyl (C=O) groups excluding carboxylic acids is 1. The number of nitrogens with one attached hydrogen (secondary N) is 2.